The van der Waals surface area contributed by atoms with E-state index in [0.717, 1.165) is 5.56 Å². The molecule has 9 heteroatoms. The SMILES string of the molecule is OC[C@@H](CO[C@@H]1O[C@H](CO)[C@@H](O)[C@H](O)[C@H]1O)c1ccc2c(c1)OCO2. The molecule has 1 fully saturated rings. The van der Waals surface area contributed by atoms with E-state index in [1.165, 1.54) is 0 Å². The van der Waals surface area contributed by atoms with E-state index < -0.39 is 43.2 Å². The fourth-order valence-electron chi connectivity index (χ4n) is 2.84. The lowest BCUT2D eigenvalue weighted by Crippen LogP contribution is -2.59. The summed E-state index contributed by atoms with van der Waals surface area (Å²) in [6.45, 7) is -0.629. The van der Waals surface area contributed by atoms with Gasteiger partial charge >= 0.3 is 0 Å². The van der Waals surface area contributed by atoms with Gasteiger partial charge in [-0.2, -0.15) is 0 Å². The largest absolute Gasteiger partial charge is 0.454 e. The van der Waals surface area contributed by atoms with Crippen LogP contribution in [0.4, 0.5) is 0 Å². The Hall–Kier alpha value is -1.46. The van der Waals surface area contributed by atoms with Crippen LogP contribution in [0.1, 0.15) is 11.5 Å². The molecule has 0 spiro atoms. The molecular formula is C16H22O9. The van der Waals surface area contributed by atoms with Crippen LogP contribution in [0.2, 0.25) is 0 Å². The predicted molar refractivity (Wildman–Crippen MR) is 82.1 cm³/mol. The highest BCUT2D eigenvalue weighted by Crippen LogP contribution is 2.35. The first-order valence-corrected chi connectivity index (χ1v) is 7.97. The number of aliphatic hydroxyl groups is 5. The zero-order valence-corrected chi connectivity index (χ0v) is 13.4. The minimum absolute atomic E-state index is 0.0150. The number of hydrogen-bond donors (Lipinski definition) is 5. The molecular weight excluding hydrogens is 336 g/mol. The Labute approximate surface area is 143 Å². The molecule has 9 nitrogen and oxygen atoms in total. The van der Waals surface area contributed by atoms with Gasteiger partial charge in [-0.1, -0.05) is 6.07 Å². The van der Waals surface area contributed by atoms with Gasteiger partial charge in [0.1, 0.15) is 24.4 Å². The van der Waals surface area contributed by atoms with Crippen molar-refractivity contribution in [1.29, 1.82) is 0 Å². The molecule has 140 valence electrons. The van der Waals surface area contributed by atoms with Gasteiger partial charge in [-0.25, -0.2) is 0 Å². The molecule has 25 heavy (non-hydrogen) atoms. The Morgan fingerprint density at radius 3 is 2.52 bits per heavy atom. The second-order valence-corrected chi connectivity index (χ2v) is 6.02. The Kier molecular flexibility index (Phi) is 5.74. The quantitative estimate of drug-likeness (QED) is 0.403. The maximum Gasteiger partial charge on any atom is 0.231 e. The Balaban J connectivity index is 1.64. The van der Waals surface area contributed by atoms with Crippen molar-refractivity contribution in [3.05, 3.63) is 23.8 Å². The minimum Gasteiger partial charge on any atom is -0.454 e. The maximum absolute atomic E-state index is 9.96. The molecule has 0 radical (unpaired) electrons. The number of aliphatic hydroxyl groups excluding tert-OH is 5. The molecule has 0 saturated carbocycles. The standard InChI is InChI=1S/C16H22O9/c17-4-9(8-1-2-10-11(3-8)24-7-23-10)6-22-16-15(21)14(20)13(19)12(5-18)25-16/h1-3,9,12-21H,4-7H2/t9-,12+,13+,14-,15+,16+/m0/s1. The van der Waals surface area contributed by atoms with Crippen molar-refractivity contribution in [3.8, 4) is 11.5 Å². The molecule has 2 aliphatic heterocycles. The van der Waals surface area contributed by atoms with Gasteiger partial charge in [0.15, 0.2) is 17.8 Å². The van der Waals surface area contributed by atoms with E-state index in [-0.39, 0.29) is 20.0 Å². The zero-order valence-electron chi connectivity index (χ0n) is 13.4. The molecule has 1 saturated heterocycles. The van der Waals surface area contributed by atoms with Crippen LogP contribution in [0.3, 0.4) is 0 Å². The van der Waals surface area contributed by atoms with E-state index in [9.17, 15) is 25.5 Å². The lowest BCUT2D eigenvalue weighted by molar-refractivity contribution is -0.302. The average Bonchev–Trinajstić information content (AvgIpc) is 3.10. The van der Waals surface area contributed by atoms with Crippen molar-refractivity contribution in [2.75, 3.05) is 26.6 Å². The van der Waals surface area contributed by atoms with Crippen LogP contribution in [0, 0.1) is 0 Å². The maximum atomic E-state index is 9.96. The van der Waals surface area contributed by atoms with Crippen molar-refractivity contribution in [2.24, 2.45) is 0 Å². The van der Waals surface area contributed by atoms with Gasteiger partial charge in [0.2, 0.25) is 6.79 Å². The third-order valence-corrected chi connectivity index (χ3v) is 4.40. The number of hydrogen-bond acceptors (Lipinski definition) is 9. The summed E-state index contributed by atoms with van der Waals surface area (Å²) in [6, 6.07) is 5.24. The van der Waals surface area contributed by atoms with Crippen molar-refractivity contribution in [1.82, 2.24) is 0 Å². The number of fused-ring (bicyclic) bond motifs is 1. The topological polar surface area (TPSA) is 138 Å². The van der Waals surface area contributed by atoms with Gasteiger partial charge in [-0.15, -0.1) is 0 Å². The zero-order chi connectivity index (χ0) is 18.0. The summed E-state index contributed by atoms with van der Waals surface area (Å²) in [7, 11) is 0. The van der Waals surface area contributed by atoms with Crippen molar-refractivity contribution in [2.45, 2.75) is 36.6 Å². The van der Waals surface area contributed by atoms with Gasteiger partial charge < -0.3 is 44.5 Å². The van der Waals surface area contributed by atoms with E-state index in [0.29, 0.717) is 11.5 Å². The highest BCUT2D eigenvalue weighted by molar-refractivity contribution is 5.45. The summed E-state index contributed by atoms with van der Waals surface area (Å²) in [5.74, 6) is 0.765. The van der Waals surface area contributed by atoms with Gasteiger partial charge in [0, 0.05) is 5.92 Å². The van der Waals surface area contributed by atoms with Crippen LogP contribution in [0.25, 0.3) is 0 Å². The number of ether oxygens (including phenoxy) is 4. The average molecular weight is 358 g/mol. The summed E-state index contributed by atoms with van der Waals surface area (Å²) in [5, 5.41) is 48.3. The van der Waals surface area contributed by atoms with E-state index in [2.05, 4.69) is 0 Å². The highest BCUT2D eigenvalue weighted by atomic mass is 16.7. The van der Waals surface area contributed by atoms with E-state index in [4.69, 9.17) is 18.9 Å². The molecule has 0 aromatic heterocycles. The smallest absolute Gasteiger partial charge is 0.231 e. The van der Waals surface area contributed by atoms with Crippen LogP contribution in [-0.4, -0.2) is 82.9 Å². The highest BCUT2D eigenvalue weighted by Gasteiger charge is 2.44. The van der Waals surface area contributed by atoms with Gasteiger partial charge in [-0.3, -0.25) is 0 Å². The van der Waals surface area contributed by atoms with E-state index >= 15 is 0 Å². The number of benzene rings is 1. The molecule has 2 heterocycles. The normalized spacial score (nSPS) is 32.6. The summed E-state index contributed by atoms with van der Waals surface area (Å²) >= 11 is 0. The fourth-order valence-corrected chi connectivity index (χ4v) is 2.84. The summed E-state index contributed by atoms with van der Waals surface area (Å²) in [6.07, 6.45) is -6.70. The lowest BCUT2D eigenvalue weighted by atomic mass is 9.98. The third-order valence-electron chi connectivity index (χ3n) is 4.40. The van der Waals surface area contributed by atoms with E-state index in [1.54, 1.807) is 18.2 Å². The second-order valence-electron chi connectivity index (χ2n) is 6.02. The third kappa shape index (κ3) is 3.72. The molecule has 0 unspecified atom stereocenters. The Morgan fingerprint density at radius 1 is 1.04 bits per heavy atom. The van der Waals surface area contributed by atoms with Crippen molar-refractivity contribution >= 4 is 0 Å². The second kappa shape index (κ2) is 7.83. The van der Waals surface area contributed by atoms with E-state index in [1.807, 2.05) is 0 Å². The van der Waals surface area contributed by atoms with Crippen LogP contribution >= 0.6 is 0 Å². The van der Waals surface area contributed by atoms with Crippen molar-refractivity contribution < 1.29 is 44.5 Å². The first-order chi connectivity index (χ1) is 12.0. The molecule has 6 atom stereocenters. The summed E-state index contributed by atoms with van der Waals surface area (Å²) in [5.41, 5.74) is 0.747. The predicted octanol–water partition coefficient (Wildman–Crippen LogP) is -1.69. The first kappa shape index (κ1) is 18.3. The van der Waals surface area contributed by atoms with Gasteiger partial charge in [-0.05, 0) is 17.7 Å². The Bertz CT molecular complexity index is 579. The van der Waals surface area contributed by atoms with Crippen LogP contribution in [0.15, 0.2) is 18.2 Å². The van der Waals surface area contributed by atoms with Gasteiger partial charge in [0.25, 0.3) is 0 Å². The minimum atomic E-state index is -1.51. The van der Waals surface area contributed by atoms with Crippen LogP contribution < -0.4 is 9.47 Å². The fraction of sp³-hybridized carbons (Fsp3) is 0.625. The molecule has 1 aromatic carbocycles. The summed E-state index contributed by atoms with van der Waals surface area (Å²) in [4.78, 5) is 0. The van der Waals surface area contributed by atoms with Crippen molar-refractivity contribution in [3.63, 3.8) is 0 Å². The molecule has 0 amide bonds. The Morgan fingerprint density at radius 2 is 1.80 bits per heavy atom. The molecule has 1 aromatic rings. The van der Waals surface area contributed by atoms with Gasteiger partial charge in [0.05, 0.1) is 19.8 Å². The molecule has 2 aliphatic rings. The first-order valence-electron chi connectivity index (χ1n) is 7.97. The molecule has 5 N–H and O–H groups in total. The monoisotopic (exact) mass is 358 g/mol. The van der Waals surface area contributed by atoms with Crippen LogP contribution in [-0.2, 0) is 9.47 Å². The summed E-state index contributed by atoms with van der Waals surface area (Å²) < 4.78 is 21.3. The molecule has 3 rings (SSSR count). The number of rotatable bonds is 6. The lowest BCUT2D eigenvalue weighted by Gasteiger charge is -2.39. The van der Waals surface area contributed by atoms with Crippen LogP contribution in [0.5, 0.6) is 11.5 Å². The molecule has 0 bridgehead atoms. The molecule has 0 aliphatic carbocycles.